The van der Waals surface area contributed by atoms with Crippen LogP contribution in [0.2, 0.25) is 0 Å². The molecule has 102 valence electrons. The van der Waals surface area contributed by atoms with Gasteiger partial charge < -0.3 is 5.32 Å². The molecule has 0 bridgehead atoms. The fourth-order valence-corrected chi connectivity index (χ4v) is 2.34. The first-order valence-electron chi connectivity index (χ1n) is 7.53. The second kappa shape index (κ2) is 7.38. The first kappa shape index (κ1) is 15.0. The summed E-state index contributed by atoms with van der Waals surface area (Å²) in [6.07, 6.45) is 5.47. The third-order valence-electron chi connectivity index (χ3n) is 3.68. The summed E-state index contributed by atoms with van der Waals surface area (Å²) in [7, 11) is 0. The molecule has 0 heterocycles. The first-order valence-corrected chi connectivity index (χ1v) is 7.53. The molecule has 1 atom stereocenters. The van der Waals surface area contributed by atoms with Crippen LogP contribution in [0.1, 0.15) is 60.3 Å². The van der Waals surface area contributed by atoms with Crippen LogP contribution in [0.15, 0.2) is 0 Å². The highest BCUT2D eigenvalue weighted by atomic mass is 15.2. The summed E-state index contributed by atoms with van der Waals surface area (Å²) >= 11 is 0. The Bertz CT molecular complexity index is 197. The van der Waals surface area contributed by atoms with Crippen molar-refractivity contribution < 1.29 is 0 Å². The van der Waals surface area contributed by atoms with Crippen LogP contribution in [-0.2, 0) is 0 Å². The van der Waals surface area contributed by atoms with Gasteiger partial charge in [-0.1, -0.05) is 34.6 Å². The topological polar surface area (TPSA) is 15.3 Å². The molecule has 2 nitrogen and oxygen atoms in total. The molecular formula is C15H32N2. The molecule has 1 N–H and O–H groups in total. The second-order valence-corrected chi connectivity index (χ2v) is 6.28. The van der Waals surface area contributed by atoms with Gasteiger partial charge in [-0.05, 0) is 38.1 Å². The van der Waals surface area contributed by atoms with Crippen LogP contribution in [0, 0.1) is 5.92 Å². The molecule has 1 unspecified atom stereocenters. The Morgan fingerprint density at radius 3 is 2.24 bits per heavy atom. The molecule has 1 aliphatic rings. The van der Waals surface area contributed by atoms with Crippen molar-refractivity contribution in [1.29, 1.82) is 0 Å². The van der Waals surface area contributed by atoms with E-state index in [1.54, 1.807) is 0 Å². The maximum Gasteiger partial charge on any atom is 0.0221 e. The lowest BCUT2D eigenvalue weighted by Crippen LogP contribution is -2.45. The lowest BCUT2D eigenvalue weighted by Gasteiger charge is -2.32. The molecule has 0 aliphatic heterocycles. The molecule has 2 heteroatoms. The van der Waals surface area contributed by atoms with E-state index in [1.165, 1.54) is 32.2 Å². The molecule has 0 aromatic carbocycles. The van der Waals surface area contributed by atoms with Crippen molar-refractivity contribution in [3.63, 3.8) is 0 Å². The summed E-state index contributed by atoms with van der Waals surface area (Å²) in [5.74, 6) is 0.826. The van der Waals surface area contributed by atoms with Gasteiger partial charge in [0.2, 0.25) is 0 Å². The van der Waals surface area contributed by atoms with Gasteiger partial charge in [-0.25, -0.2) is 0 Å². The first-order chi connectivity index (χ1) is 8.04. The van der Waals surface area contributed by atoms with Crippen molar-refractivity contribution in [1.82, 2.24) is 10.2 Å². The van der Waals surface area contributed by atoms with E-state index >= 15 is 0 Å². The van der Waals surface area contributed by atoms with Gasteiger partial charge in [0.05, 0.1) is 0 Å². The van der Waals surface area contributed by atoms with Crippen LogP contribution in [0.4, 0.5) is 0 Å². The summed E-state index contributed by atoms with van der Waals surface area (Å²) in [4.78, 5) is 2.77. The molecule has 17 heavy (non-hydrogen) atoms. The largest absolute Gasteiger partial charge is 0.313 e. The van der Waals surface area contributed by atoms with Gasteiger partial charge in [-0.2, -0.15) is 0 Å². The minimum absolute atomic E-state index is 0.607. The Morgan fingerprint density at radius 1 is 1.18 bits per heavy atom. The smallest absolute Gasteiger partial charge is 0.0221 e. The van der Waals surface area contributed by atoms with E-state index in [1.807, 2.05) is 0 Å². The van der Waals surface area contributed by atoms with Gasteiger partial charge in [-0.3, -0.25) is 4.90 Å². The summed E-state index contributed by atoms with van der Waals surface area (Å²) in [5, 5.41) is 3.61. The van der Waals surface area contributed by atoms with E-state index in [0.717, 1.165) is 24.5 Å². The molecule has 0 saturated heterocycles. The van der Waals surface area contributed by atoms with E-state index in [2.05, 4.69) is 44.8 Å². The zero-order chi connectivity index (χ0) is 12.8. The van der Waals surface area contributed by atoms with Gasteiger partial charge in [0, 0.05) is 24.7 Å². The van der Waals surface area contributed by atoms with E-state index in [9.17, 15) is 0 Å². The maximum absolute atomic E-state index is 3.61. The minimum Gasteiger partial charge on any atom is -0.313 e. The predicted molar refractivity (Wildman–Crippen MR) is 76.4 cm³/mol. The third kappa shape index (κ3) is 5.87. The highest BCUT2D eigenvalue weighted by Gasteiger charge is 2.32. The molecule has 0 aromatic rings. The minimum atomic E-state index is 0.607. The van der Waals surface area contributed by atoms with Crippen LogP contribution in [0.25, 0.3) is 0 Å². The van der Waals surface area contributed by atoms with Crippen LogP contribution < -0.4 is 5.32 Å². The van der Waals surface area contributed by atoms with Crippen molar-refractivity contribution in [3.8, 4) is 0 Å². The second-order valence-electron chi connectivity index (χ2n) is 6.28. The average molecular weight is 240 g/mol. The van der Waals surface area contributed by atoms with Gasteiger partial charge in [-0.15, -0.1) is 0 Å². The maximum atomic E-state index is 3.61. The molecule has 1 saturated carbocycles. The zero-order valence-corrected chi connectivity index (χ0v) is 12.5. The third-order valence-corrected chi connectivity index (χ3v) is 3.68. The van der Waals surface area contributed by atoms with Gasteiger partial charge in [0.15, 0.2) is 0 Å². The molecule has 1 rings (SSSR count). The summed E-state index contributed by atoms with van der Waals surface area (Å²) in [5.41, 5.74) is 0. The highest BCUT2D eigenvalue weighted by Crippen LogP contribution is 2.30. The van der Waals surface area contributed by atoms with Crippen molar-refractivity contribution in [3.05, 3.63) is 0 Å². The Labute approximate surface area is 108 Å². The van der Waals surface area contributed by atoms with Gasteiger partial charge in [0.25, 0.3) is 0 Å². The number of nitrogens with one attached hydrogen (secondary N) is 1. The average Bonchev–Trinajstić information content (AvgIpc) is 3.05. The molecule has 0 radical (unpaired) electrons. The Morgan fingerprint density at radius 2 is 1.82 bits per heavy atom. The number of rotatable bonds is 9. The van der Waals surface area contributed by atoms with Crippen LogP contribution in [0.3, 0.4) is 0 Å². The lowest BCUT2D eigenvalue weighted by atomic mass is 10.1. The van der Waals surface area contributed by atoms with Crippen LogP contribution >= 0.6 is 0 Å². The standard InChI is InChI=1S/C15H32N2/c1-6-14(11-16-13(4)5)17(15-7-8-15)10-9-12(2)3/h12-16H,6-11H2,1-5H3. The predicted octanol–water partition coefficient (Wildman–Crippen LogP) is 3.27. The molecule has 0 spiro atoms. The fourth-order valence-electron chi connectivity index (χ4n) is 2.34. The van der Waals surface area contributed by atoms with Gasteiger partial charge >= 0.3 is 0 Å². The van der Waals surface area contributed by atoms with E-state index < -0.39 is 0 Å². The monoisotopic (exact) mass is 240 g/mol. The highest BCUT2D eigenvalue weighted by molar-refractivity contribution is 4.89. The van der Waals surface area contributed by atoms with Gasteiger partial charge in [0.1, 0.15) is 0 Å². The molecular weight excluding hydrogens is 208 g/mol. The molecule has 1 fully saturated rings. The summed E-state index contributed by atoms with van der Waals surface area (Å²) in [6.45, 7) is 13.9. The molecule has 1 aliphatic carbocycles. The zero-order valence-electron chi connectivity index (χ0n) is 12.5. The summed E-state index contributed by atoms with van der Waals surface area (Å²) < 4.78 is 0. The van der Waals surface area contributed by atoms with E-state index in [4.69, 9.17) is 0 Å². The quantitative estimate of drug-likeness (QED) is 0.665. The lowest BCUT2D eigenvalue weighted by molar-refractivity contribution is 0.165. The molecule has 0 aromatic heterocycles. The van der Waals surface area contributed by atoms with Crippen LogP contribution in [0.5, 0.6) is 0 Å². The van der Waals surface area contributed by atoms with Crippen molar-refractivity contribution >= 4 is 0 Å². The Balaban J connectivity index is 2.41. The van der Waals surface area contributed by atoms with Crippen molar-refractivity contribution in [2.45, 2.75) is 78.4 Å². The van der Waals surface area contributed by atoms with Crippen molar-refractivity contribution in [2.75, 3.05) is 13.1 Å². The SMILES string of the molecule is CCC(CNC(C)C)N(CCC(C)C)C1CC1. The summed E-state index contributed by atoms with van der Waals surface area (Å²) in [6, 6.07) is 2.24. The Hall–Kier alpha value is -0.0800. The number of hydrogen-bond acceptors (Lipinski definition) is 2. The van der Waals surface area contributed by atoms with E-state index in [-0.39, 0.29) is 0 Å². The van der Waals surface area contributed by atoms with Crippen LogP contribution in [-0.4, -0.2) is 36.1 Å². The number of nitrogens with zero attached hydrogens (tertiary/aromatic N) is 1. The van der Waals surface area contributed by atoms with E-state index in [0.29, 0.717) is 6.04 Å². The number of hydrogen-bond donors (Lipinski definition) is 1. The molecule has 0 amide bonds. The van der Waals surface area contributed by atoms with Crippen molar-refractivity contribution in [2.24, 2.45) is 5.92 Å². The fraction of sp³-hybridized carbons (Fsp3) is 1.00. The normalized spacial score (nSPS) is 18.4. The Kier molecular flexibility index (Phi) is 6.50.